The van der Waals surface area contributed by atoms with Gasteiger partial charge in [-0.3, -0.25) is 0 Å². The third-order valence-electron chi connectivity index (χ3n) is 3.07. The van der Waals surface area contributed by atoms with E-state index in [0.717, 1.165) is 0 Å². The molecule has 0 N–H and O–H groups in total. The molecular weight excluding hydrogens is 187 g/mol. The second-order valence-corrected chi connectivity index (χ2v) is 3.91. The zero-order valence-corrected chi connectivity index (χ0v) is 9.48. The van der Waals surface area contributed by atoms with Crippen LogP contribution in [0.1, 0.15) is 18.5 Å². The summed E-state index contributed by atoms with van der Waals surface area (Å²) in [6, 6.07) is 12.9. The van der Waals surface area contributed by atoms with Crippen LogP contribution in [0.5, 0.6) is 0 Å². The molecule has 0 heterocycles. The molecular formula is C15H13Li. The zero-order chi connectivity index (χ0) is 10.3. The molecule has 0 bridgehead atoms. The van der Waals surface area contributed by atoms with Gasteiger partial charge in [-0.15, -0.1) is 6.58 Å². The number of benzene rings is 2. The van der Waals surface area contributed by atoms with Crippen LogP contribution in [-0.4, -0.2) is 0 Å². The van der Waals surface area contributed by atoms with Crippen molar-refractivity contribution in [2.24, 2.45) is 0 Å². The molecule has 16 heavy (non-hydrogen) atoms. The first-order valence-electron chi connectivity index (χ1n) is 5.22. The second-order valence-electron chi connectivity index (χ2n) is 3.91. The van der Waals surface area contributed by atoms with Gasteiger partial charge in [-0.25, -0.2) is 0 Å². The smallest absolute Gasteiger partial charge is 1.00 e. The van der Waals surface area contributed by atoms with Crippen LogP contribution >= 0.6 is 0 Å². The van der Waals surface area contributed by atoms with E-state index in [1.165, 1.54) is 21.9 Å². The van der Waals surface area contributed by atoms with Crippen molar-refractivity contribution in [1.82, 2.24) is 0 Å². The largest absolute Gasteiger partial charge is 1.00 e. The Hall–Kier alpha value is -1.22. The topological polar surface area (TPSA) is 0 Å². The number of hydrogen-bond acceptors (Lipinski definition) is 0. The van der Waals surface area contributed by atoms with Gasteiger partial charge in [0.25, 0.3) is 0 Å². The fourth-order valence-electron chi connectivity index (χ4n) is 2.33. The molecule has 1 aliphatic rings. The fourth-order valence-corrected chi connectivity index (χ4v) is 2.33. The summed E-state index contributed by atoms with van der Waals surface area (Å²) in [4.78, 5) is 0. The number of hydrogen-bond donors (Lipinski definition) is 0. The van der Waals surface area contributed by atoms with E-state index >= 15 is 0 Å². The summed E-state index contributed by atoms with van der Waals surface area (Å²) in [5, 5.41) is 2.70. The third kappa shape index (κ3) is 1.55. The molecule has 1 unspecified atom stereocenters. The molecule has 0 aliphatic heterocycles. The molecule has 0 radical (unpaired) electrons. The average molecular weight is 200 g/mol. The first-order chi connectivity index (χ1) is 7.40. The number of allylic oxidation sites excluding steroid dienone is 2. The van der Waals surface area contributed by atoms with Gasteiger partial charge in [0.15, 0.2) is 0 Å². The van der Waals surface area contributed by atoms with Gasteiger partial charge in [0.1, 0.15) is 0 Å². The van der Waals surface area contributed by atoms with Crippen LogP contribution in [0, 0.1) is 0 Å². The van der Waals surface area contributed by atoms with Crippen molar-refractivity contribution in [3.63, 3.8) is 0 Å². The molecule has 1 heteroatoms. The molecule has 0 spiro atoms. The Morgan fingerprint density at radius 2 is 1.88 bits per heavy atom. The SMILES string of the molecule is C=CC1C=Cc2cccc3cccc1c23.[H-].[Li+]. The van der Waals surface area contributed by atoms with E-state index < -0.39 is 0 Å². The maximum Gasteiger partial charge on any atom is 1.00 e. The van der Waals surface area contributed by atoms with Crippen LogP contribution in [0.25, 0.3) is 16.8 Å². The maximum absolute atomic E-state index is 3.89. The summed E-state index contributed by atoms with van der Waals surface area (Å²) < 4.78 is 0. The van der Waals surface area contributed by atoms with Crippen molar-refractivity contribution in [2.45, 2.75) is 5.92 Å². The maximum atomic E-state index is 3.89. The quantitative estimate of drug-likeness (QED) is 0.480. The van der Waals surface area contributed by atoms with Crippen LogP contribution in [0.15, 0.2) is 55.1 Å². The van der Waals surface area contributed by atoms with Gasteiger partial charge in [0.05, 0.1) is 0 Å². The molecule has 0 nitrogen and oxygen atoms in total. The van der Waals surface area contributed by atoms with Gasteiger partial charge in [0, 0.05) is 5.92 Å². The fraction of sp³-hybridized carbons (Fsp3) is 0.0667. The molecule has 0 saturated carbocycles. The Morgan fingerprint density at radius 3 is 2.62 bits per heavy atom. The Balaban J connectivity index is 0.000000722. The predicted octanol–water partition coefficient (Wildman–Crippen LogP) is 1.25. The van der Waals surface area contributed by atoms with Crippen molar-refractivity contribution in [3.8, 4) is 0 Å². The van der Waals surface area contributed by atoms with E-state index in [9.17, 15) is 0 Å². The van der Waals surface area contributed by atoms with E-state index in [1.54, 1.807) is 0 Å². The molecule has 3 rings (SSSR count). The van der Waals surface area contributed by atoms with Crippen LogP contribution in [-0.2, 0) is 0 Å². The number of rotatable bonds is 1. The van der Waals surface area contributed by atoms with E-state index in [4.69, 9.17) is 0 Å². The first kappa shape index (κ1) is 11.3. The molecule has 2 aromatic carbocycles. The minimum absolute atomic E-state index is 0. The summed E-state index contributed by atoms with van der Waals surface area (Å²) in [5.74, 6) is 0.364. The summed E-state index contributed by atoms with van der Waals surface area (Å²) in [5.41, 5.74) is 2.70. The van der Waals surface area contributed by atoms with Crippen LogP contribution in [0.2, 0.25) is 0 Å². The molecule has 2 aromatic rings. The van der Waals surface area contributed by atoms with E-state index in [0.29, 0.717) is 5.92 Å². The molecule has 0 amide bonds. The normalized spacial score (nSPS) is 16.9. The van der Waals surface area contributed by atoms with E-state index in [2.05, 4.69) is 55.1 Å². The zero-order valence-electron chi connectivity index (χ0n) is 10.5. The molecule has 0 saturated heterocycles. The van der Waals surface area contributed by atoms with Crippen molar-refractivity contribution < 1.29 is 20.3 Å². The predicted molar refractivity (Wildman–Crippen MR) is 67.0 cm³/mol. The Labute approximate surface area is 109 Å². The Kier molecular flexibility index (Phi) is 3.05. The van der Waals surface area contributed by atoms with Crippen molar-refractivity contribution >= 4 is 16.8 Å². The monoisotopic (exact) mass is 200 g/mol. The second kappa shape index (κ2) is 4.34. The van der Waals surface area contributed by atoms with Crippen molar-refractivity contribution in [3.05, 3.63) is 66.3 Å². The Bertz CT molecular complexity index is 567. The van der Waals surface area contributed by atoms with E-state index in [1.807, 2.05) is 6.08 Å². The van der Waals surface area contributed by atoms with E-state index in [-0.39, 0.29) is 20.3 Å². The molecule has 1 aliphatic carbocycles. The van der Waals surface area contributed by atoms with Gasteiger partial charge < -0.3 is 1.43 Å². The molecule has 74 valence electrons. The third-order valence-corrected chi connectivity index (χ3v) is 3.07. The van der Waals surface area contributed by atoms with Crippen LogP contribution < -0.4 is 18.9 Å². The van der Waals surface area contributed by atoms with Crippen LogP contribution in [0.4, 0.5) is 0 Å². The average Bonchev–Trinajstić information content (AvgIpc) is 2.30. The summed E-state index contributed by atoms with van der Waals surface area (Å²) in [6.45, 7) is 3.89. The van der Waals surface area contributed by atoms with Crippen LogP contribution in [0.3, 0.4) is 0 Å². The van der Waals surface area contributed by atoms with Gasteiger partial charge in [-0.2, -0.15) is 0 Å². The summed E-state index contributed by atoms with van der Waals surface area (Å²) in [6.07, 6.45) is 6.41. The molecule has 0 aromatic heterocycles. The molecule has 0 fully saturated rings. The first-order valence-corrected chi connectivity index (χ1v) is 5.22. The van der Waals surface area contributed by atoms with Gasteiger partial charge in [-0.1, -0.05) is 54.6 Å². The summed E-state index contributed by atoms with van der Waals surface area (Å²) >= 11 is 0. The van der Waals surface area contributed by atoms with Crippen molar-refractivity contribution in [2.75, 3.05) is 0 Å². The van der Waals surface area contributed by atoms with Crippen molar-refractivity contribution in [1.29, 1.82) is 0 Å². The minimum atomic E-state index is 0. The Morgan fingerprint density at radius 1 is 1.12 bits per heavy atom. The standard InChI is InChI=1S/C15H12.Li.H/c1-2-11-9-10-13-6-3-5-12-7-4-8-14(11)15(12)13;;/h2-11H,1H2;;/q;+1;-1. The summed E-state index contributed by atoms with van der Waals surface area (Å²) in [7, 11) is 0. The molecule has 1 atom stereocenters. The van der Waals surface area contributed by atoms with Gasteiger partial charge >= 0.3 is 18.9 Å². The van der Waals surface area contributed by atoms with Gasteiger partial charge in [-0.05, 0) is 21.9 Å². The minimum Gasteiger partial charge on any atom is -1.00 e. The van der Waals surface area contributed by atoms with Gasteiger partial charge in [0.2, 0.25) is 0 Å².